The molecule has 0 saturated heterocycles. The molecule has 1 aromatic rings. The molecular formula is C8H9BrN2O2. The molecule has 0 atom stereocenters. The first-order chi connectivity index (χ1) is 6.19. The smallest absolute Gasteiger partial charge is 0.337 e. The van der Waals surface area contributed by atoms with E-state index in [0.717, 1.165) is 4.47 Å². The van der Waals surface area contributed by atoms with Gasteiger partial charge in [0.25, 0.3) is 0 Å². The lowest BCUT2D eigenvalue weighted by molar-refractivity contribution is 0.0601. The Labute approximate surface area is 84.2 Å². The van der Waals surface area contributed by atoms with Gasteiger partial charge in [-0.3, -0.25) is 5.84 Å². The maximum absolute atomic E-state index is 11.1. The summed E-state index contributed by atoms with van der Waals surface area (Å²) in [6, 6.07) is 4.98. The highest BCUT2D eigenvalue weighted by molar-refractivity contribution is 9.10. The van der Waals surface area contributed by atoms with Gasteiger partial charge in [-0.05, 0) is 34.1 Å². The van der Waals surface area contributed by atoms with Gasteiger partial charge in [0, 0.05) is 4.47 Å². The molecule has 0 saturated carbocycles. The van der Waals surface area contributed by atoms with Crippen molar-refractivity contribution in [1.82, 2.24) is 0 Å². The van der Waals surface area contributed by atoms with E-state index in [4.69, 9.17) is 5.84 Å². The van der Waals surface area contributed by atoms with Crippen LogP contribution in [0.25, 0.3) is 0 Å². The summed E-state index contributed by atoms with van der Waals surface area (Å²) in [4.78, 5) is 11.1. The summed E-state index contributed by atoms with van der Waals surface area (Å²) in [7, 11) is 1.33. The third-order valence-electron chi connectivity index (χ3n) is 1.54. The molecule has 0 aliphatic heterocycles. The number of hydrogen-bond donors (Lipinski definition) is 2. The van der Waals surface area contributed by atoms with Crippen molar-refractivity contribution in [1.29, 1.82) is 0 Å². The summed E-state index contributed by atoms with van der Waals surface area (Å²) in [5.41, 5.74) is 3.56. The van der Waals surface area contributed by atoms with Gasteiger partial charge in [0.05, 0.1) is 18.4 Å². The molecule has 70 valence electrons. The molecule has 0 unspecified atom stereocenters. The number of nitrogens with two attached hydrogens (primary N) is 1. The molecule has 13 heavy (non-hydrogen) atoms. The molecule has 0 aliphatic carbocycles. The van der Waals surface area contributed by atoms with Crippen LogP contribution in [0.2, 0.25) is 0 Å². The Morgan fingerprint density at radius 2 is 2.31 bits per heavy atom. The predicted molar refractivity (Wildman–Crippen MR) is 53.3 cm³/mol. The van der Waals surface area contributed by atoms with Crippen LogP contribution in [0.3, 0.4) is 0 Å². The fraction of sp³-hybridized carbons (Fsp3) is 0.125. The number of hydrazine groups is 1. The molecule has 4 nitrogen and oxygen atoms in total. The summed E-state index contributed by atoms with van der Waals surface area (Å²) in [6.45, 7) is 0. The largest absolute Gasteiger partial charge is 0.465 e. The highest BCUT2D eigenvalue weighted by Crippen LogP contribution is 2.22. The van der Waals surface area contributed by atoms with Gasteiger partial charge in [-0.2, -0.15) is 0 Å². The predicted octanol–water partition coefficient (Wildman–Crippen LogP) is 1.52. The Hall–Kier alpha value is -1.07. The second-order valence-electron chi connectivity index (χ2n) is 2.33. The van der Waals surface area contributed by atoms with Crippen molar-refractivity contribution in [2.24, 2.45) is 5.84 Å². The number of rotatable bonds is 2. The zero-order valence-corrected chi connectivity index (χ0v) is 8.59. The summed E-state index contributed by atoms with van der Waals surface area (Å²) < 4.78 is 5.35. The van der Waals surface area contributed by atoms with Crippen molar-refractivity contribution in [2.75, 3.05) is 12.5 Å². The van der Waals surface area contributed by atoms with Gasteiger partial charge >= 0.3 is 5.97 Å². The second-order valence-corrected chi connectivity index (χ2v) is 3.18. The Morgan fingerprint density at radius 1 is 1.62 bits per heavy atom. The van der Waals surface area contributed by atoms with E-state index in [2.05, 4.69) is 26.1 Å². The van der Waals surface area contributed by atoms with Crippen LogP contribution in [0.5, 0.6) is 0 Å². The molecule has 0 heterocycles. The summed E-state index contributed by atoms with van der Waals surface area (Å²) in [5.74, 6) is 4.84. The topological polar surface area (TPSA) is 64.3 Å². The van der Waals surface area contributed by atoms with Crippen molar-refractivity contribution in [3.05, 3.63) is 28.2 Å². The van der Waals surface area contributed by atoms with E-state index in [-0.39, 0.29) is 5.97 Å². The number of nitrogen functional groups attached to an aromatic ring is 1. The van der Waals surface area contributed by atoms with Crippen LogP contribution in [-0.4, -0.2) is 13.1 Å². The molecular weight excluding hydrogens is 236 g/mol. The van der Waals surface area contributed by atoms with Gasteiger partial charge in [-0.1, -0.05) is 0 Å². The van der Waals surface area contributed by atoms with Gasteiger partial charge in [0.15, 0.2) is 0 Å². The third kappa shape index (κ3) is 2.19. The number of ether oxygens (including phenoxy) is 1. The maximum Gasteiger partial charge on any atom is 0.337 e. The minimum absolute atomic E-state index is 0.385. The highest BCUT2D eigenvalue weighted by atomic mass is 79.9. The third-order valence-corrected chi connectivity index (χ3v) is 2.23. The number of carbonyl (C=O) groups is 1. The van der Waals surface area contributed by atoms with Crippen LogP contribution in [-0.2, 0) is 4.74 Å². The van der Waals surface area contributed by atoms with Crippen molar-refractivity contribution in [2.45, 2.75) is 0 Å². The van der Waals surface area contributed by atoms with E-state index >= 15 is 0 Å². The quantitative estimate of drug-likeness (QED) is 0.471. The van der Waals surface area contributed by atoms with Gasteiger partial charge in [0.1, 0.15) is 0 Å². The normalized spacial score (nSPS) is 9.46. The molecule has 0 aromatic heterocycles. The molecule has 1 aromatic carbocycles. The molecule has 0 radical (unpaired) electrons. The van der Waals surface area contributed by atoms with Gasteiger partial charge in [0.2, 0.25) is 0 Å². The number of carbonyl (C=O) groups excluding carboxylic acids is 1. The Kier molecular flexibility index (Phi) is 3.27. The Bertz CT molecular complexity index is 328. The van der Waals surface area contributed by atoms with Gasteiger partial charge < -0.3 is 10.2 Å². The number of hydrogen-bond acceptors (Lipinski definition) is 4. The van der Waals surface area contributed by atoms with E-state index in [1.54, 1.807) is 18.2 Å². The van der Waals surface area contributed by atoms with Crippen LogP contribution in [0.4, 0.5) is 5.69 Å². The van der Waals surface area contributed by atoms with Crippen LogP contribution in [0, 0.1) is 0 Å². The SMILES string of the molecule is COC(=O)c1ccc(Br)c(NN)c1. The monoisotopic (exact) mass is 244 g/mol. The summed E-state index contributed by atoms with van der Waals surface area (Å²) in [5, 5.41) is 0. The maximum atomic E-state index is 11.1. The first-order valence-corrected chi connectivity index (χ1v) is 4.33. The van der Waals surface area contributed by atoms with E-state index < -0.39 is 0 Å². The second kappa shape index (κ2) is 4.25. The lowest BCUT2D eigenvalue weighted by atomic mass is 10.2. The minimum Gasteiger partial charge on any atom is -0.465 e. The number of benzene rings is 1. The molecule has 0 bridgehead atoms. The number of nitrogens with one attached hydrogen (secondary N) is 1. The lowest BCUT2D eigenvalue weighted by Gasteiger charge is -2.05. The highest BCUT2D eigenvalue weighted by Gasteiger charge is 2.07. The number of methoxy groups -OCH3 is 1. The molecule has 0 amide bonds. The average Bonchev–Trinajstić information content (AvgIpc) is 2.17. The van der Waals surface area contributed by atoms with Crippen LogP contribution >= 0.6 is 15.9 Å². The van der Waals surface area contributed by atoms with E-state index in [0.29, 0.717) is 11.3 Å². The van der Waals surface area contributed by atoms with Gasteiger partial charge in [-0.25, -0.2) is 4.79 Å². The van der Waals surface area contributed by atoms with Crippen molar-refractivity contribution in [3.8, 4) is 0 Å². The first-order valence-electron chi connectivity index (χ1n) is 3.53. The van der Waals surface area contributed by atoms with Crippen molar-refractivity contribution < 1.29 is 9.53 Å². The standard InChI is InChI=1S/C8H9BrN2O2/c1-13-8(12)5-2-3-6(9)7(4-5)11-10/h2-4,11H,10H2,1H3. The Balaban J connectivity index is 3.06. The summed E-state index contributed by atoms with van der Waals surface area (Å²) in [6.07, 6.45) is 0. The molecule has 1 rings (SSSR count). The molecule has 0 aliphatic rings. The first kappa shape index (κ1) is 10.0. The summed E-state index contributed by atoms with van der Waals surface area (Å²) >= 11 is 3.27. The zero-order chi connectivity index (χ0) is 9.84. The van der Waals surface area contributed by atoms with Crippen molar-refractivity contribution in [3.63, 3.8) is 0 Å². The number of halogens is 1. The number of anilines is 1. The van der Waals surface area contributed by atoms with E-state index in [1.807, 2.05) is 0 Å². The molecule has 0 spiro atoms. The van der Waals surface area contributed by atoms with E-state index in [1.165, 1.54) is 7.11 Å². The zero-order valence-electron chi connectivity index (χ0n) is 7.00. The molecule has 3 N–H and O–H groups in total. The van der Waals surface area contributed by atoms with Crippen LogP contribution < -0.4 is 11.3 Å². The minimum atomic E-state index is -0.385. The van der Waals surface area contributed by atoms with Crippen LogP contribution in [0.1, 0.15) is 10.4 Å². The van der Waals surface area contributed by atoms with Crippen molar-refractivity contribution >= 4 is 27.6 Å². The number of esters is 1. The lowest BCUT2D eigenvalue weighted by Crippen LogP contribution is -2.09. The fourth-order valence-electron chi connectivity index (χ4n) is 0.881. The molecule has 5 heteroatoms. The Morgan fingerprint density at radius 3 is 2.85 bits per heavy atom. The van der Waals surface area contributed by atoms with Crippen LogP contribution in [0.15, 0.2) is 22.7 Å². The molecule has 0 fully saturated rings. The van der Waals surface area contributed by atoms with Gasteiger partial charge in [-0.15, -0.1) is 0 Å². The van der Waals surface area contributed by atoms with E-state index in [9.17, 15) is 4.79 Å². The average molecular weight is 245 g/mol. The fourth-order valence-corrected chi connectivity index (χ4v) is 1.24.